The molecular formula is C14H17N5O4S. The van der Waals surface area contributed by atoms with E-state index in [1.165, 1.54) is 10.5 Å². The summed E-state index contributed by atoms with van der Waals surface area (Å²) in [5.41, 5.74) is 0.776. The Morgan fingerprint density at radius 3 is 2.83 bits per heavy atom. The molecule has 0 aromatic carbocycles. The van der Waals surface area contributed by atoms with Gasteiger partial charge in [0.2, 0.25) is 15.9 Å². The van der Waals surface area contributed by atoms with E-state index in [1.807, 2.05) is 6.20 Å². The molecular weight excluding hydrogens is 334 g/mol. The van der Waals surface area contributed by atoms with E-state index in [2.05, 4.69) is 14.8 Å². The summed E-state index contributed by atoms with van der Waals surface area (Å²) in [5.74, 6) is 0.109. The number of hydrogen-bond donors (Lipinski definition) is 0. The van der Waals surface area contributed by atoms with E-state index < -0.39 is 10.0 Å². The highest BCUT2D eigenvalue weighted by atomic mass is 32.2. The van der Waals surface area contributed by atoms with Crippen LogP contribution < -0.4 is 4.90 Å². The lowest BCUT2D eigenvalue weighted by atomic mass is 10.3. The average Bonchev–Trinajstić information content (AvgIpc) is 3.33. The quantitative estimate of drug-likeness (QED) is 0.801. The van der Waals surface area contributed by atoms with Crippen LogP contribution in [-0.2, 0) is 14.8 Å². The van der Waals surface area contributed by atoms with Crippen molar-refractivity contribution in [2.75, 3.05) is 24.5 Å². The molecule has 2 aliphatic rings. The van der Waals surface area contributed by atoms with Gasteiger partial charge in [-0.25, -0.2) is 8.42 Å². The molecule has 9 nitrogen and oxygen atoms in total. The highest BCUT2D eigenvalue weighted by Crippen LogP contribution is 2.29. The first-order chi connectivity index (χ1) is 11.6. The molecule has 10 heteroatoms. The van der Waals surface area contributed by atoms with Crippen LogP contribution in [0.1, 0.15) is 25.3 Å². The molecule has 4 rings (SSSR count). The monoisotopic (exact) mass is 351 g/mol. The predicted molar refractivity (Wildman–Crippen MR) is 82.7 cm³/mol. The minimum Gasteiger partial charge on any atom is -0.363 e. The Kier molecular flexibility index (Phi) is 3.65. The molecule has 2 aliphatic heterocycles. The molecule has 2 aromatic rings. The molecule has 1 atom stereocenters. The minimum atomic E-state index is -3.58. The highest BCUT2D eigenvalue weighted by Gasteiger charge is 2.35. The number of anilines is 1. The molecule has 0 aliphatic carbocycles. The zero-order valence-corrected chi connectivity index (χ0v) is 13.7. The standard InChI is InChI=1S/C14H17N5O4S/c20-14-2-1-4-18(14)12-6-15-19(9-12)11-3-5-17(8-11)24(21,22)13-7-16-23-10-13/h6-7,9-11H,1-5,8H2. The van der Waals surface area contributed by atoms with Crippen LogP contribution in [0, 0.1) is 0 Å². The van der Waals surface area contributed by atoms with Crippen molar-refractivity contribution in [3.63, 3.8) is 0 Å². The van der Waals surface area contributed by atoms with Gasteiger partial charge in [-0.15, -0.1) is 0 Å². The third kappa shape index (κ3) is 2.51. The van der Waals surface area contributed by atoms with Crippen LogP contribution in [0.15, 0.2) is 34.3 Å². The zero-order valence-electron chi connectivity index (χ0n) is 12.9. The maximum atomic E-state index is 12.5. The van der Waals surface area contributed by atoms with Crippen LogP contribution in [0.2, 0.25) is 0 Å². The van der Waals surface area contributed by atoms with Gasteiger partial charge in [-0.2, -0.15) is 9.40 Å². The molecule has 0 spiro atoms. The van der Waals surface area contributed by atoms with Gasteiger partial charge < -0.3 is 9.42 Å². The van der Waals surface area contributed by atoms with E-state index in [0.29, 0.717) is 32.5 Å². The van der Waals surface area contributed by atoms with Crippen molar-refractivity contribution < 1.29 is 17.7 Å². The summed E-state index contributed by atoms with van der Waals surface area (Å²) in [6, 6.07) is -0.0499. The molecule has 2 aromatic heterocycles. The van der Waals surface area contributed by atoms with E-state index in [-0.39, 0.29) is 16.8 Å². The number of aromatic nitrogens is 3. The summed E-state index contributed by atoms with van der Waals surface area (Å²) in [6.07, 6.45) is 7.92. The van der Waals surface area contributed by atoms with Crippen LogP contribution in [0.25, 0.3) is 0 Å². The van der Waals surface area contributed by atoms with Crippen molar-refractivity contribution in [3.8, 4) is 0 Å². The van der Waals surface area contributed by atoms with Crippen molar-refractivity contribution in [3.05, 3.63) is 24.9 Å². The average molecular weight is 351 g/mol. The second-order valence-electron chi connectivity index (χ2n) is 5.99. The molecule has 0 saturated carbocycles. The third-order valence-electron chi connectivity index (χ3n) is 4.52. The fraction of sp³-hybridized carbons (Fsp3) is 0.500. The number of sulfonamides is 1. The largest absolute Gasteiger partial charge is 0.363 e. The number of rotatable bonds is 4. The van der Waals surface area contributed by atoms with Crippen LogP contribution in [-0.4, -0.2) is 53.2 Å². The van der Waals surface area contributed by atoms with Gasteiger partial charge in [0.15, 0.2) is 0 Å². The SMILES string of the molecule is O=C1CCCN1c1cnn(C2CCN(S(=O)(=O)c3cnoc3)C2)c1. The summed E-state index contributed by atoms with van der Waals surface area (Å²) in [7, 11) is -3.58. The minimum absolute atomic E-state index is 0.0499. The highest BCUT2D eigenvalue weighted by molar-refractivity contribution is 7.89. The summed E-state index contributed by atoms with van der Waals surface area (Å²) >= 11 is 0. The molecule has 1 amide bonds. The lowest BCUT2D eigenvalue weighted by Gasteiger charge is -2.15. The van der Waals surface area contributed by atoms with E-state index in [0.717, 1.165) is 18.4 Å². The second kappa shape index (κ2) is 5.71. The zero-order chi connectivity index (χ0) is 16.7. The maximum absolute atomic E-state index is 12.5. The first-order valence-corrected chi connectivity index (χ1v) is 9.24. The summed E-state index contributed by atoms with van der Waals surface area (Å²) < 4.78 is 32.7. The summed E-state index contributed by atoms with van der Waals surface area (Å²) in [5, 5.41) is 7.78. The van der Waals surface area contributed by atoms with E-state index in [4.69, 9.17) is 0 Å². The van der Waals surface area contributed by atoms with Crippen LogP contribution in [0.5, 0.6) is 0 Å². The molecule has 2 fully saturated rings. The van der Waals surface area contributed by atoms with E-state index in [1.54, 1.807) is 15.8 Å². The number of nitrogens with zero attached hydrogens (tertiary/aromatic N) is 5. The smallest absolute Gasteiger partial charge is 0.247 e. The van der Waals surface area contributed by atoms with Crippen LogP contribution >= 0.6 is 0 Å². The Balaban J connectivity index is 1.49. The van der Waals surface area contributed by atoms with Crippen LogP contribution in [0.4, 0.5) is 5.69 Å². The van der Waals surface area contributed by atoms with Crippen molar-refractivity contribution in [1.82, 2.24) is 19.2 Å². The summed E-state index contributed by atoms with van der Waals surface area (Å²) in [6.45, 7) is 1.46. The summed E-state index contributed by atoms with van der Waals surface area (Å²) in [4.78, 5) is 13.6. The van der Waals surface area contributed by atoms with Gasteiger partial charge in [-0.1, -0.05) is 5.16 Å². The number of carbonyl (C=O) groups is 1. The van der Waals surface area contributed by atoms with Crippen molar-refractivity contribution in [2.45, 2.75) is 30.2 Å². The lowest BCUT2D eigenvalue weighted by Crippen LogP contribution is -2.29. The van der Waals surface area contributed by atoms with Crippen LogP contribution in [0.3, 0.4) is 0 Å². The molecule has 1 unspecified atom stereocenters. The van der Waals surface area contributed by atoms with Gasteiger partial charge in [0, 0.05) is 32.3 Å². The van der Waals surface area contributed by atoms with E-state index >= 15 is 0 Å². The van der Waals surface area contributed by atoms with Gasteiger partial charge in [-0.05, 0) is 12.8 Å². The Morgan fingerprint density at radius 1 is 1.25 bits per heavy atom. The second-order valence-corrected chi connectivity index (χ2v) is 7.93. The molecule has 128 valence electrons. The van der Waals surface area contributed by atoms with Gasteiger partial charge in [0.25, 0.3) is 0 Å². The maximum Gasteiger partial charge on any atom is 0.247 e. The van der Waals surface area contributed by atoms with Crippen molar-refractivity contribution in [2.24, 2.45) is 0 Å². The van der Waals surface area contributed by atoms with Crippen molar-refractivity contribution >= 4 is 21.6 Å². The van der Waals surface area contributed by atoms with Gasteiger partial charge in [0.05, 0.1) is 24.1 Å². The normalized spacial score (nSPS) is 22.6. The first kappa shape index (κ1) is 15.3. The molecule has 2 saturated heterocycles. The lowest BCUT2D eigenvalue weighted by molar-refractivity contribution is -0.117. The fourth-order valence-electron chi connectivity index (χ4n) is 3.20. The molecule has 0 radical (unpaired) electrons. The molecule has 24 heavy (non-hydrogen) atoms. The topological polar surface area (TPSA) is 102 Å². The number of carbonyl (C=O) groups excluding carboxylic acids is 1. The Hall–Kier alpha value is -2.20. The van der Waals surface area contributed by atoms with E-state index in [9.17, 15) is 13.2 Å². The molecule has 4 heterocycles. The molecule has 0 N–H and O–H groups in total. The fourth-order valence-corrected chi connectivity index (χ4v) is 4.56. The van der Waals surface area contributed by atoms with Crippen molar-refractivity contribution in [1.29, 1.82) is 0 Å². The Labute approximate surface area is 138 Å². The van der Waals surface area contributed by atoms with Gasteiger partial charge in [0.1, 0.15) is 11.2 Å². The first-order valence-electron chi connectivity index (χ1n) is 7.80. The van der Waals surface area contributed by atoms with Gasteiger partial charge in [-0.3, -0.25) is 9.48 Å². The Bertz CT molecular complexity index is 844. The predicted octanol–water partition coefficient (Wildman–Crippen LogP) is 0.634. The molecule has 0 bridgehead atoms. The van der Waals surface area contributed by atoms with Gasteiger partial charge >= 0.3 is 0 Å². The third-order valence-corrected chi connectivity index (χ3v) is 6.33. The number of hydrogen-bond acceptors (Lipinski definition) is 6. The Morgan fingerprint density at radius 2 is 2.12 bits per heavy atom. The number of amides is 1.